The minimum absolute atomic E-state index is 0.192. The highest BCUT2D eigenvalue weighted by Gasteiger charge is 2.29. The first-order valence-corrected chi connectivity index (χ1v) is 10.3. The fourth-order valence-electron chi connectivity index (χ4n) is 4.12. The second-order valence-corrected chi connectivity index (χ2v) is 7.90. The molecule has 3 aromatic rings. The molecule has 0 radical (unpaired) electrons. The molecule has 2 heterocycles. The zero-order valence-electron chi connectivity index (χ0n) is 17.1. The summed E-state index contributed by atoms with van der Waals surface area (Å²) in [7, 11) is 0. The van der Waals surface area contributed by atoms with Crippen LogP contribution in [0.4, 0.5) is 5.69 Å². The number of phenols is 2. The van der Waals surface area contributed by atoms with Crippen LogP contribution in [-0.4, -0.2) is 22.0 Å². The topological polar surface area (TPSA) is 102 Å². The lowest BCUT2D eigenvalue weighted by atomic mass is 9.94. The summed E-state index contributed by atoms with van der Waals surface area (Å²) >= 11 is 0. The summed E-state index contributed by atoms with van der Waals surface area (Å²) in [6, 6.07) is 18.3. The Balaban J connectivity index is 1.42. The van der Waals surface area contributed by atoms with Crippen LogP contribution in [0.15, 0.2) is 66.9 Å². The van der Waals surface area contributed by atoms with Crippen molar-refractivity contribution < 1.29 is 19.8 Å². The quantitative estimate of drug-likeness (QED) is 0.290. The molecule has 7 heteroatoms. The number of aromatic hydroxyl groups is 2. The first kappa shape index (κ1) is 19.7. The number of hydrogen-bond donors (Lipinski definition) is 4. The Morgan fingerprint density at radius 1 is 0.875 bits per heavy atom. The number of nitrogens with one attached hydrogen (secondary N) is 2. The van der Waals surface area contributed by atoms with E-state index in [1.807, 2.05) is 24.3 Å². The van der Waals surface area contributed by atoms with Crippen LogP contribution in [-0.2, 0) is 24.4 Å². The number of imide groups is 1. The Morgan fingerprint density at radius 3 is 2.34 bits per heavy atom. The maximum absolute atomic E-state index is 12.6. The van der Waals surface area contributed by atoms with Crippen LogP contribution in [0.25, 0.3) is 5.57 Å². The predicted molar refractivity (Wildman–Crippen MR) is 120 cm³/mol. The van der Waals surface area contributed by atoms with E-state index in [0.717, 1.165) is 24.3 Å². The van der Waals surface area contributed by atoms with Gasteiger partial charge in [-0.25, -0.2) is 0 Å². The summed E-state index contributed by atoms with van der Waals surface area (Å²) in [4.78, 5) is 27.2. The van der Waals surface area contributed by atoms with Gasteiger partial charge in [-0.2, -0.15) is 0 Å². The maximum atomic E-state index is 12.6. The number of carbonyl (C=O) groups is 2. The average Bonchev–Trinajstić information content (AvgIpc) is 3.22. The van der Waals surface area contributed by atoms with Crippen molar-refractivity contribution in [2.24, 2.45) is 0 Å². The first-order chi connectivity index (χ1) is 15.5. The van der Waals surface area contributed by atoms with E-state index in [4.69, 9.17) is 0 Å². The molecule has 160 valence electrons. The smallest absolute Gasteiger partial charge is 0.260 e. The molecule has 7 nitrogen and oxygen atoms in total. The molecule has 0 saturated carbocycles. The third-order valence-corrected chi connectivity index (χ3v) is 5.81. The molecule has 0 atom stereocenters. The van der Waals surface area contributed by atoms with E-state index in [-0.39, 0.29) is 11.5 Å². The molecular weight excluding hydrogens is 406 g/mol. The van der Waals surface area contributed by atoms with Crippen LogP contribution < -0.4 is 15.5 Å². The monoisotopic (exact) mass is 427 g/mol. The molecule has 0 bridgehead atoms. The molecule has 4 N–H and O–H groups in total. The predicted octanol–water partition coefficient (Wildman–Crippen LogP) is 3.02. The average molecular weight is 427 g/mol. The van der Waals surface area contributed by atoms with Crippen LogP contribution in [0.1, 0.15) is 32.6 Å². The normalized spacial score (nSPS) is 16.0. The van der Waals surface area contributed by atoms with Gasteiger partial charge in [0.25, 0.3) is 11.8 Å². The van der Waals surface area contributed by atoms with Crippen LogP contribution >= 0.6 is 0 Å². The second-order valence-electron chi connectivity index (χ2n) is 7.90. The summed E-state index contributed by atoms with van der Waals surface area (Å²) in [5.41, 5.74) is 5.60. The molecule has 0 spiro atoms. The van der Waals surface area contributed by atoms with E-state index < -0.39 is 11.8 Å². The van der Waals surface area contributed by atoms with Crippen molar-refractivity contribution in [1.29, 1.82) is 0 Å². The molecule has 2 amide bonds. The highest BCUT2D eigenvalue weighted by Crippen LogP contribution is 2.33. The third kappa shape index (κ3) is 3.54. The van der Waals surface area contributed by atoms with Crippen LogP contribution in [0, 0.1) is 0 Å². The zero-order chi connectivity index (χ0) is 22.2. The van der Waals surface area contributed by atoms with Crippen LogP contribution in [0.5, 0.6) is 11.5 Å². The van der Waals surface area contributed by atoms with Gasteiger partial charge < -0.3 is 20.4 Å². The second kappa shape index (κ2) is 7.77. The van der Waals surface area contributed by atoms with E-state index in [0.29, 0.717) is 23.2 Å². The highest BCUT2D eigenvalue weighted by atomic mass is 16.3. The lowest BCUT2D eigenvalue weighted by molar-refractivity contribution is -0.114. The fourth-order valence-corrected chi connectivity index (χ4v) is 4.12. The number of nitrogens with zero attached hydrogens (tertiary/aromatic N) is 1. The number of fused-ring (bicyclic) bond motifs is 2. The molecule has 0 saturated heterocycles. The van der Waals surface area contributed by atoms with Gasteiger partial charge >= 0.3 is 0 Å². The number of benzene rings is 3. The van der Waals surface area contributed by atoms with Gasteiger partial charge in [0, 0.05) is 42.6 Å². The van der Waals surface area contributed by atoms with Crippen molar-refractivity contribution in [3.8, 4) is 11.5 Å². The number of anilines is 1. The van der Waals surface area contributed by atoms with Crippen molar-refractivity contribution in [2.75, 3.05) is 4.90 Å². The number of rotatable bonds is 4. The van der Waals surface area contributed by atoms with Crippen molar-refractivity contribution in [3.63, 3.8) is 0 Å². The third-order valence-electron chi connectivity index (χ3n) is 5.81. The Bertz CT molecular complexity index is 1260. The number of carbonyl (C=O) groups excluding carboxylic acids is 2. The molecule has 2 aliphatic heterocycles. The molecule has 5 rings (SSSR count). The summed E-state index contributed by atoms with van der Waals surface area (Å²) < 4.78 is 0. The van der Waals surface area contributed by atoms with Crippen LogP contribution in [0.2, 0.25) is 0 Å². The molecule has 0 unspecified atom stereocenters. The molecule has 0 aliphatic carbocycles. The van der Waals surface area contributed by atoms with Gasteiger partial charge in [0.05, 0.1) is 5.57 Å². The van der Waals surface area contributed by atoms with Crippen molar-refractivity contribution in [1.82, 2.24) is 10.6 Å². The van der Waals surface area contributed by atoms with E-state index in [1.54, 1.807) is 18.3 Å². The number of hydrogen-bond acceptors (Lipinski definition) is 6. The molecular formula is C25H21N3O4. The van der Waals surface area contributed by atoms with Gasteiger partial charge in [-0.3, -0.25) is 14.9 Å². The van der Waals surface area contributed by atoms with Gasteiger partial charge in [-0.1, -0.05) is 30.3 Å². The largest absolute Gasteiger partial charge is 0.504 e. The number of phenolic OH excluding ortho intramolecular Hbond substituents is 2. The maximum Gasteiger partial charge on any atom is 0.260 e. The highest BCUT2D eigenvalue weighted by molar-refractivity contribution is 6.31. The molecule has 0 fully saturated rings. The lowest BCUT2D eigenvalue weighted by Crippen LogP contribution is -2.37. The standard InChI is InChI=1S/C25H21N3O4/c29-22-8-5-15(9-23(22)30)11-26-12-21-20-10-18(6-7-19(20)24(31)27-25(21)32)28-13-16-3-1-2-4-17(16)14-28/h1-10,12,26,29-30H,11,13-14H2,(H,27,31,32). The first-order valence-electron chi connectivity index (χ1n) is 10.3. The summed E-state index contributed by atoms with van der Waals surface area (Å²) in [6.07, 6.45) is 1.58. The Kier molecular flexibility index (Phi) is 4.78. The van der Waals surface area contributed by atoms with Gasteiger partial charge in [0.15, 0.2) is 11.5 Å². The Hall–Kier alpha value is -4.26. The lowest BCUT2D eigenvalue weighted by Gasteiger charge is -2.23. The van der Waals surface area contributed by atoms with Crippen LogP contribution in [0.3, 0.4) is 0 Å². The Labute approximate surface area is 184 Å². The Morgan fingerprint density at radius 2 is 1.62 bits per heavy atom. The van der Waals surface area contributed by atoms with Gasteiger partial charge in [0.2, 0.25) is 0 Å². The summed E-state index contributed by atoms with van der Waals surface area (Å²) in [6.45, 7) is 1.88. The van der Waals surface area contributed by atoms with Crippen molar-refractivity contribution >= 4 is 23.1 Å². The minimum atomic E-state index is -0.467. The zero-order valence-corrected chi connectivity index (χ0v) is 17.1. The van der Waals surface area contributed by atoms with Gasteiger partial charge in [-0.15, -0.1) is 0 Å². The molecule has 2 aliphatic rings. The van der Waals surface area contributed by atoms with E-state index in [1.165, 1.54) is 23.3 Å². The number of amides is 2. The van der Waals surface area contributed by atoms with Crippen molar-refractivity contribution in [2.45, 2.75) is 19.6 Å². The summed E-state index contributed by atoms with van der Waals surface area (Å²) in [5.74, 6) is -1.28. The molecule has 3 aromatic carbocycles. The SMILES string of the molecule is O=C1NC(=O)c2ccc(N3Cc4ccccc4C3)cc2C1=CNCc1ccc(O)c(O)c1. The fraction of sp³-hybridized carbons (Fsp3) is 0.120. The van der Waals surface area contributed by atoms with Gasteiger partial charge in [0.1, 0.15) is 0 Å². The van der Waals surface area contributed by atoms with E-state index in [9.17, 15) is 19.8 Å². The van der Waals surface area contributed by atoms with E-state index in [2.05, 4.69) is 27.7 Å². The minimum Gasteiger partial charge on any atom is -0.504 e. The molecule has 32 heavy (non-hydrogen) atoms. The molecule has 0 aromatic heterocycles. The van der Waals surface area contributed by atoms with E-state index >= 15 is 0 Å². The van der Waals surface area contributed by atoms with Crippen molar-refractivity contribution in [3.05, 3.63) is 94.7 Å². The summed E-state index contributed by atoms with van der Waals surface area (Å²) in [5, 5.41) is 24.5. The van der Waals surface area contributed by atoms with Gasteiger partial charge in [-0.05, 0) is 47.0 Å².